The molecule has 0 saturated heterocycles. The Morgan fingerprint density at radius 3 is 2.68 bits per heavy atom. The fourth-order valence-corrected chi connectivity index (χ4v) is 4.19. The number of benzene rings is 2. The quantitative estimate of drug-likeness (QED) is 0.638. The summed E-state index contributed by atoms with van der Waals surface area (Å²) in [5, 5.41) is 3.62. The zero-order valence-electron chi connectivity index (χ0n) is 14.1. The number of nitrogens with zero attached hydrogens (tertiary/aromatic N) is 1. The summed E-state index contributed by atoms with van der Waals surface area (Å²) in [6, 6.07) is 15.8. The van der Waals surface area contributed by atoms with Gasteiger partial charge in [-0.3, -0.25) is 4.79 Å². The molecular weight excluding hydrogens is 350 g/mol. The molecule has 0 aliphatic carbocycles. The topological polar surface area (TPSA) is 68.0 Å². The van der Waals surface area contributed by atoms with Gasteiger partial charge in [-0.05, 0) is 25.5 Å². The summed E-state index contributed by atoms with van der Waals surface area (Å²) < 4.78 is 0.798. The summed E-state index contributed by atoms with van der Waals surface area (Å²) in [4.78, 5) is 16.8. The highest BCUT2D eigenvalue weighted by atomic mass is 32.2. The van der Waals surface area contributed by atoms with Crippen molar-refractivity contribution in [1.29, 1.82) is 0 Å². The number of rotatable bonds is 5. The van der Waals surface area contributed by atoms with Gasteiger partial charge in [-0.1, -0.05) is 71.1 Å². The van der Waals surface area contributed by atoms with E-state index < -0.39 is 0 Å². The van der Waals surface area contributed by atoms with E-state index in [4.69, 9.17) is 5.73 Å². The lowest BCUT2D eigenvalue weighted by atomic mass is 10.1. The minimum absolute atomic E-state index is 0.0491. The number of thiazole rings is 1. The summed E-state index contributed by atoms with van der Waals surface area (Å²) in [6.07, 6.45) is 0. The molecule has 0 spiro atoms. The number of thioether (sulfide) groups is 1. The van der Waals surface area contributed by atoms with Crippen molar-refractivity contribution >= 4 is 39.7 Å². The molecule has 1 amide bonds. The molecule has 0 aliphatic heterocycles. The molecule has 128 valence electrons. The first-order chi connectivity index (χ1) is 12.0. The third-order valence-corrected chi connectivity index (χ3v) is 5.69. The van der Waals surface area contributed by atoms with Crippen LogP contribution in [0.2, 0.25) is 0 Å². The van der Waals surface area contributed by atoms with Gasteiger partial charge in [0.15, 0.2) is 4.34 Å². The van der Waals surface area contributed by atoms with Crippen LogP contribution >= 0.6 is 23.1 Å². The standard InChI is InChI=1S/C19H19N3OS2/c1-12-8-9-15(13(2)10-12)21-16(23)11-24-19-22-17(18(20)25-19)14-6-4-3-5-7-14/h3-10H,11,20H2,1-2H3,(H,21,23). The number of hydrogen-bond donors (Lipinski definition) is 2. The van der Waals surface area contributed by atoms with Crippen molar-refractivity contribution in [3.63, 3.8) is 0 Å². The predicted octanol–water partition coefficient (Wildman–Crippen LogP) is 4.74. The molecule has 0 atom stereocenters. The lowest BCUT2D eigenvalue weighted by molar-refractivity contribution is -0.113. The molecule has 25 heavy (non-hydrogen) atoms. The van der Waals surface area contributed by atoms with Gasteiger partial charge in [0.25, 0.3) is 0 Å². The number of nitrogens with two attached hydrogens (primary N) is 1. The van der Waals surface area contributed by atoms with Crippen LogP contribution in [0.4, 0.5) is 10.7 Å². The zero-order chi connectivity index (χ0) is 17.8. The van der Waals surface area contributed by atoms with Crippen molar-refractivity contribution < 1.29 is 4.79 Å². The average molecular weight is 370 g/mol. The van der Waals surface area contributed by atoms with E-state index in [0.29, 0.717) is 10.8 Å². The lowest BCUT2D eigenvalue weighted by Gasteiger charge is -2.08. The number of nitrogens with one attached hydrogen (secondary N) is 1. The maximum atomic E-state index is 12.2. The van der Waals surface area contributed by atoms with Crippen molar-refractivity contribution in [3.05, 3.63) is 59.7 Å². The van der Waals surface area contributed by atoms with E-state index in [9.17, 15) is 4.79 Å². The van der Waals surface area contributed by atoms with Gasteiger partial charge in [0, 0.05) is 11.3 Å². The number of hydrogen-bond acceptors (Lipinski definition) is 5. The third-order valence-electron chi connectivity index (χ3n) is 3.66. The molecule has 0 unspecified atom stereocenters. The molecule has 0 radical (unpaired) electrons. The number of aromatic nitrogens is 1. The van der Waals surface area contributed by atoms with Gasteiger partial charge >= 0.3 is 0 Å². The average Bonchev–Trinajstić information content (AvgIpc) is 2.97. The van der Waals surface area contributed by atoms with Crippen LogP contribution in [0.25, 0.3) is 11.3 Å². The molecule has 0 aliphatic rings. The van der Waals surface area contributed by atoms with Crippen LogP contribution in [-0.4, -0.2) is 16.6 Å². The number of amides is 1. The Labute approximate surface area is 155 Å². The molecule has 0 bridgehead atoms. The molecular formula is C19H19N3OS2. The van der Waals surface area contributed by atoms with Crippen molar-refractivity contribution in [3.8, 4) is 11.3 Å². The fourth-order valence-electron chi connectivity index (χ4n) is 2.44. The minimum Gasteiger partial charge on any atom is -0.389 e. The first-order valence-corrected chi connectivity index (χ1v) is 9.65. The fraction of sp³-hybridized carbons (Fsp3) is 0.158. The van der Waals surface area contributed by atoms with E-state index in [0.717, 1.165) is 26.8 Å². The Morgan fingerprint density at radius 1 is 1.20 bits per heavy atom. The Kier molecular flexibility index (Phi) is 5.40. The van der Waals surface area contributed by atoms with Crippen LogP contribution in [0, 0.1) is 13.8 Å². The van der Waals surface area contributed by atoms with Crippen LogP contribution in [0.3, 0.4) is 0 Å². The highest BCUT2D eigenvalue weighted by molar-refractivity contribution is 8.01. The Bertz CT molecular complexity index is 891. The summed E-state index contributed by atoms with van der Waals surface area (Å²) in [7, 11) is 0. The van der Waals surface area contributed by atoms with Crippen molar-refractivity contribution in [1.82, 2.24) is 4.98 Å². The number of nitrogen functional groups attached to an aromatic ring is 1. The van der Waals surface area contributed by atoms with Crippen LogP contribution in [0.5, 0.6) is 0 Å². The van der Waals surface area contributed by atoms with Crippen LogP contribution < -0.4 is 11.1 Å². The molecule has 1 heterocycles. The summed E-state index contributed by atoms with van der Waals surface area (Å²) in [5.41, 5.74) is 10.9. The minimum atomic E-state index is -0.0491. The van der Waals surface area contributed by atoms with Crippen LogP contribution in [-0.2, 0) is 4.79 Å². The maximum absolute atomic E-state index is 12.2. The second-order valence-corrected chi connectivity index (χ2v) is 7.97. The van der Waals surface area contributed by atoms with Gasteiger partial charge in [-0.2, -0.15) is 0 Å². The molecule has 3 aromatic rings. The second kappa shape index (κ2) is 7.72. The van der Waals surface area contributed by atoms with Gasteiger partial charge in [0.2, 0.25) is 5.91 Å². The molecule has 1 aromatic heterocycles. The molecule has 6 heteroatoms. The third kappa shape index (κ3) is 4.41. The normalized spacial score (nSPS) is 10.6. The number of carbonyl (C=O) groups is 1. The summed E-state index contributed by atoms with van der Waals surface area (Å²) in [5.74, 6) is 0.251. The SMILES string of the molecule is Cc1ccc(NC(=O)CSc2nc(-c3ccccc3)c(N)s2)c(C)c1. The van der Waals surface area contributed by atoms with Crippen LogP contribution in [0.1, 0.15) is 11.1 Å². The van der Waals surface area contributed by atoms with Gasteiger partial charge in [0.1, 0.15) is 10.7 Å². The number of aryl methyl sites for hydroxylation is 2. The predicted molar refractivity (Wildman–Crippen MR) is 107 cm³/mol. The smallest absolute Gasteiger partial charge is 0.234 e. The van der Waals surface area contributed by atoms with Gasteiger partial charge in [-0.25, -0.2) is 4.98 Å². The van der Waals surface area contributed by atoms with E-state index in [1.54, 1.807) is 0 Å². The van der Waals surface area contributed by atoms with E-state index in [2.05, 4.69) is 16.4 Å². The summed E-state index contributed by atoms with van der Waals surface area (Å²) in [6.45, 7) is 4.02. The molecule has 3 rings (SSSR count). The Balaban J connectivity index is 1.63. The highest BCUT2D eigenvalue weighted by Crippen LogP contribution is 2.35. The number of carbonyl (C=O) groups excluding carboxylic acids is 1. The van der Waals surface area contributed by atoms with Gasteiger partial charge in [0.05, 0.1) is 5.75 Å². The first kappa shape index (κ1) is 17.5. The largest absolute Gasteiger partial charge is 0.389 e. The highest BCUT2D eigenvalue weighted by Gasteiger charge is 2.13. The van der Waals surface area contributed by atoms with Crippen molar-refractivity contribution in [2.75, 3.05) is 16.8 Å². The van der Waals surface area contributed by atoms with E-state index in [1.807, 2.05) is 56.3 Å². The number of anilines is 2. The summed E-state index contributed by atoms with van der Waals surface area (Å²) >= 11 is 2.81. The molecule has 2 aromatic carbocycles. The Hall–Kier alpha value is -2.31. The van der Waals surface area contributed by atoms with E-state index >= 15 is 0 Å². The van der Waals surface area contributed by atoms with Crippen molar-refractivity contribution in [2.45, 2.75) is 18.2 Å². The van der Waals surface area contributed by atoms with Gasteiger partial charge in [-0.15, -0.1) is 0 Å². The van der Waals surface area contributed by atoms with Crippen molar-refractivity contribution in [2.24, 2.45) is 0 Å². The zero-order valence-corrected chi connectivity index (χ0v) is 15.7. The van der Waals surface area contributed by atoms with E-state index in [-0.39, 0.29) is 5.91 Å². The second-order valence-electron chi connectivity index (χ2n) is 5.71. The molecule has 4 nitrogen and oxygen atoms in total. The van der Waals surface area contributed by atoms with Crippen LogP contribution in [0.15, 0.2) is 52.9 Å². The first-order valence-electron chi connectivity index (χ1n) is 7.84. The molecule has 0 saturated carbocycles. The molecule has 3 N–H and O–H groups in total. The van der Waals surface area contributed by atoms with Gasteiger partial charge < -0.3 is 11.1 Å². The lowest BCUT2D eigenvalue weighted by Crippen LogP contribution is -2.14. The monoisotopic (exact) mass is 369 g/mol. The Morgan fingerprint density at radius 2 is 1.96 bits per heavy atom. The van der Waals surface area contributed by atoms with E-state index in [1.165, 1.54) is 28.7 Å². The maximum Gasteiger partial charge on any atom is 0.234 e. The molecule has 0 fully saturated rings.